The molecule has 1 heterocycles. The Morgan fingerprint density at radius 3 is 2.67 bits per heavy atom. The van der Waals surface area contributed by atoms with Crippen LogP contribution < -0.4 is 10.7 Å². The average Bonchev–Trinajstić information content (AvgIpc) is 3.18. The van der Waals surface area contributed by atoms with Crippen LogP contribution >= 0.6 is 23.1 Å². The number of aliphatic hydroxyl groups is 1. The number of hydrogen-bond donors (Lipinski definition) is 3. The van der Waals surface area contributed by atoms with E-state index in [1.54, 1.807) is 24.0 Å². The molecule has 1 aromatic heterocycles. The van der Waals surface area contributed by atoms with Gasteiger partial charge in [0.05, 0.1) is 11.8 Å². The SMILES string of the molecule is Cc1ccc(C=NNC(=O)c2c(C)csc2NC(=O)c2cccc(CSCCCO)c2)cc1. The van der Waals surface area contributed by atoms with Crippen molar-refractivity contribution in [2.75, 3.05) is 17.7 Å². The third-order valence-corrected chi connectivity index (χ3v) is 6.92. The van der Waals surface area contributed by atoms with E-state index >= 15 is 0 Å². The van der Waals surface area contributed by atoms with E-state index in [2.05, 4.69) is 15.8 Å². The Kier molecular flexibility index (Phi) is 9.24. The van der Waals surface area contributed by atoms with Gasteiger partial charge in [-0.25, -0.2) is 5.43 Å². The summed E-state index contributed by atoms with van der Waals surface area (Å²) in [5, 5.41) is 18.1. The monoisotopic (exact) mass is 481 g/mol. The second-order valence-electron chi connectivity index (χ2n) is 7.52. The number of aliphatic hydroxyl groups excluding tert-OH is 1. The number of anilines is 1. The highest BCUT2D eigenvalue weighted by Gasteiger charge is 2.19. The van der Waals surface area contributed by atoms with Gasteiger partial charge >= 0.3 is 0 Å². The number of nitrogens with one attached hydrogen (secondary N) is 2. The molecule has 0 saturated heterocycles. The Bertz CT molecular complexity index is 1120. The molecule has 172 valence electrons. The van der Waals surface area contributed by atoms with E-state index in [0.29, 0.717) is 16.1 Å². The fourth-order valence-electron chi connectivity index (χ4n) is 3.03. The van der Waals surface area contributed by atoms with Gasteiger partial charge in [-0.05, 0) is 60.2 Å². The van der Waals surface area contributed by atoms with E-state index in [1.807, 2.05) is 61.7 Å². The van der Waals surface area contributed by atoms with Crippen molar-refractivity contribution in [1.82, 2.24) is 5.43 Å². The topological polar surface area (TPSA) is 90.8 Å². The van der Waals surface area contributed by atoms with Gasteiger partial charge in [-0.1, -0.05) is 42.0 Å². The summed E-state index contributed by atoms with van der Waals surface area (Å²) in [6, 6.07) is 15.2. The molecule has 2 amide bonds. The summed E-state index contributed by atoms with van der Waals surface area (Å²) in [6.45, 7) is 4.02. The van der Waals surface area contributed by atoms with E-state index < -0.39 is 0 Å². The van der Waals surface area contributed by atoms with Crippen LogP contribution in [-0.4, -0.2) is 35.5 Å². The van der Waals surface area contributed by atoms with Crippen molar-refractivity contribution < 1.29 is 14.7 Å². The molecule has 33 heavy (non-hydrogen) atoms. The van der Waals surface area contributed by atoms with Gasteiger partial charge in [-0.15, -0.1) is 11.3 Å². The zero-order chi connectivity index (χ0) is 23.6. The summed E-state index contributed by atoms with van der Waals surface area (Å²) >= 11 is 3.03. The first kappa shape index (κ1) is 24.7. The zero-order valence-electron chi connectivity index (χ0n) is 18.6. The third kappa shape index (κ3) is 7.28. The van der Waals surface area contributed by atoms with Gasteiger partial charge in [0.25, 0.3) is 11.8 Å². The van der Waals surface area contributed by atoms with Crippen molar-refractivity contribution in [2.45, 2.75) is 26.0 Å². The maximum absolute atomic E-state index is 12.8. The Labute approximate surface area is 202 Å². The minimum atomic E-state index is -0.374. The highest BCUT2D eigenvalue weighted by molar-refractivity contribution is 7.98. The fourth-order valence-corrected chi connectivity index (χ4v) is 4.85. The van der Waals surface area contributed by atoms with Crippen molar-refractivity contribution in [3.8, 4) is 0 Å². The third-order valence-electron chi connectivity index (χ3n) is 4.79. The van der Waals surface area contributed by atoms with E-state index in [4.69, 9.17) is 5.11 Å². The first-order valence-electron chi connectivity index (χ1n) is 10.5. The quantitative estimate of drug-likeness (QED) is 0.216. The van der Waals surface area contributed by atoms with Gasteiger partial charge in [0.15, 0.2) is 0 Å². The molecule has 3 N–H and O–H groups in total. The lowest BCUT2D eigenvalue weighted by atomic mass is 10.1. The number of benzene rings is 2. The van der Waals surface area contributed by atoms with Crippen LogP contribution in [0, 0.1) is 13.8 Å². The molecule has 0 atom stereocenters. The number of rotatable bonds is 10. The number of hydrogen-bond acceptors (Lipinski definition) is 6. The molecule has 3 aromatic rings. The van der Waals surface area contributed by atoms with Crippen LogP contribution in [0.2, 0.25) is 0 Å². The van der Waals surface area contributed by atoms with Gasteiger partial charge in [0, 0.05) is 17.9 Å². The number of thioether (sulfide) groups is 1. The Morgan fingerprint density at radius 2 is 1.91 bits per heavy atom. The van der Waals surface area contributed by atoms with Crippen LogP contribution in [0.15, 0.2) is 59.0 Å². The molecule has 6 nitrogen and oxygen atoms in total. The normalized spacial score (nSPS) is 11.0. The van der Waals surface area contributed by atoms with Gasteiger partial charge in [-0.3, -0.25) is 9.59 Å². The molecule has 2 aromatic carbocycles. The number of carbonyl (C=O) groups is 2. The lowest BCUT2D eigenvalue weighted by Crippen LogP contribution is -2.21. The Balaban J connectivity index is 1.64. The highest BCUT2D eigenvalue weighted by atomic mass is 32.2. The standard InChI is InChI=1S/C25H27N3O3S2/c1-17-7-9-19(10-8-17)14-26-28-24(31)22-18(2)15-33-25(22)27-23(30)21-6-3-5-20(13-21)16-32-12-4-11-29/h3,5-10,13-15,29H,4,11-12,16H2,1-2H3,(H,27,30)(H,28,31). The molecule has 0 aliphatic rings. The summed E-state index contributed by atoms with van der Waals surface area (Å²) in [5.74, 6) is 0.996. The summed E-state index contributed by atoms with van der Waals surface area (Å²) in [7, 11) is 0. The van der Waals surface area contributed by atoms with Crippen LogP contribution in [0.3, 0.4) is 0 Å². The smallest absolute Gasteiger partial charge is 0.274 e. The summed E-state index contributed by atoms with van der Waals surface area (Å²) in [6.07, 6.45) is 2.34. The first-order valence-corrected chi connectivity index (χ1v) is 12.6. The number of nitrogens with zero attached hydrogens (tertiary/aromatic N) is 1. The molecule has 0 bridgehead atoms. The molecular weight excluding hydrogens is 454 g/mol. The largest absolute Gasteiger partial charge is 0.396 e. The predicted octanol–water partition coefficient (Wildman–Crippen LogP) is 5.00. The van der Waals surface area contributed by atoms with E-state index in [-0.39, 0.29) is 18.4 Å². The van der Waals surface area contributed by atoms with Crippen molar-refractivity contribution in [3.63, 3.8) is 0 Å². The second-order valence-corrected chi connectivity index (χ2v) is 9.50. The van der Waals surface area contributed by atoms with Gasteiger partial charge < -0.3 is 10.4 Å². The molecule has 0 aliphatic heterocycles. The van der Waals surface area contributed by atoms with Crippen LogP contribution in [0.25, 0.3) is 0 Å². The highest BCUT2D eigenvalue weighted by Crippen LogP contribution is 2.28. The zero-order valence-corrected chi connectivity index (χ0v) is 20.3. The van der Waals surface area contributed by atoms with E-state index in [0.717, 1.165) is 40.2 Å². The summed E-state index contributed by atoms with van der Waals surface area (Å²) in [5.41, 5.74) is 7.33. The van der Waals surface area contributed by atoms with Gasteiger partial charge in [0.1, 0.15) is 5.00 Å². The molecule has 0 fully saturated rings. The predicted molar refractivity (Wildman–Crippen MR) is 138 cm³/mol. The number of carbonyl (C=O) groups excluding carboxylic acids is 2. The molecule has 8 heteroatoms. The Hall–Kier alpha value is -2.94. The molecule has 3 rings (SSSR count). The Morgan fingerprint density at radius 1 is 1.12 bits per heavy atom. The van der Waals surface area contributed by atoms with Gasteiger partial charge in [0.2, 0.25) is 0 Å². The van der Waals surface area contributed by atoms with Crippen LogP contribution in [0.1, 0.15) is 49.4 Å². The van der Waals surface area contributed by atoms with Crippen molar-refractivity contribution in [1.29, 1.82) is 0 Å². The lowest BCUT2D eigenvalue weighted by Gasteiger charge is -2.08. The van der Waals surface area contributed by atoms with E-state index in [1.165, 1.54) is 11.3 Å². The average molecular weight is 482 g/mol. The number of hydrazone groups is 1. The van der Waals surface area contributed by atoms with Crippen molar-refractivity contribution >= 4 is 46.1 Å². The van der Waals surface area contributed by atoms with Gasteiger partial charge in [-0.2, -0.15) is 16.9 Å². The molecule has 0 saturated carbocycles. The van der Waals surface area contributed by atoms with Crippen LogP contribution in [-0.2, 0) is 5.75 Å². The number of aryl methyl sites for hydroxylation is 2. The van der Waals surface area contributed by atoms with Crippen molar-refractivity contribution in [2.24, 2.45) is 5.10 Å². The molecule has 0 unspecified atom stereocenters. The summed E-state index contributed by atoms with van der Waals surface area (Å²) in [4.78, 5) is 25.6. The second kappa shape index (κ2) is 12.3. The first-order chi connectivity index (χ1) is 16.0. The maximum Gasteiger partial charge on any atom is 0.274 e. The molecular formula is C25H27N3O3S2. The minimum Gasteiger partial charge on any atom is -0.396 e. The number of thiophene rings is 1. The maximum atomic E-state index is 12.8. The fraction of sp³-hybridized carbons (Fsp3) is 0.240. The van der Waals surface area contributed by atoms with E-state index in [9.17, 15) is 9.59 Å². The minimum absolute atomic E-state index is 0.183. The molecule has 0 aliphatic carbocycles. The number of amides is 2. The summed E-state index contributed by atoms with van der Waals surface area (Å²) < 4.78 is 0. The van der Waals surface area contributed by atoms with Crippen LogP contribution in [0.5, 0.6) is 0 Å². The lowest BCUT2D eigenvalue weighted by molar-refractivity contribution is 0.0956. The van der Waals surface area contributed by atoms with Crippen molar-refractivity contribution in [3.05, 3.63) is 87.3 Å². The van der Waals surface area contributed by atoms with Crippen LogP contribution in [0.4, 0.5) is 5.00 Å². The molecule has 0 radical (unpaired) electrons. The molecule has 0 spiro atoms.